The summed E-state index contributed by atoms with van der Waals surface area (Å²) in [6.07, 6.45) is 1.28. The number of hydrogen-bond donors (Lipinski definition) is 3. The van der Waals surface area contributed by atoms with Gasteiger partial charge in [-0.1, -0.05) is 38.4 Å². The third-order valence-corrected chi connectivity index (χ3v) is 4.56. The molecule has 1 amide bonds. The molecule has 154 valence electrons. The molecule has 1 unspecified atom stereocenters. The highest BCUT2D eigenvalue weighted by Gasteiger charge is 2.24. The van der Waals surface area contributed by atoms with E-state index in [-0.39, 0.29) is 47.2 Å². The van der Waals surface area contributed by atoms with E-state index in [0.29, 0.717) is 30.5 Å². The summed E-state index contributed by atoms with van der Waals surface area (Å²) < 4.78 is 13.2. The molecule has 0 aliphatic carbocycles. The van der Waals surface area contributed by atoms with Crippen LogP contribution in [0.5, 0.6) is 0 Å². The van der Waals surface area contributed by atoms with Crippen molar-refractivity contribution in [3.8, 4) is 0 Å². The summed E-state index contributed by atoms with van der Waals surface area (Å²) >= 11 is 6.18. The molecular weight excluding hydrogens is 482 g/mol. The minimum atomic E-state index is -0.351. The third kappa shape index (κ3) is 9.10. The van der Waals surface area contributed by atoms with E-state index in [9.17, 15) is 9.18 Å². The Morgan fingerprint density at radius 1 is 1.33 bits per heavy atom. The number of hydrogen-bond acceptors (Lipinski definition) is 2. The molecule has 0 aliphatic heterocycles. The van der Waals surface area contributed by atoms with Crippen molar-refractivity contribution in [2.45, 2.75) is 52.0 Å². The number of rotatable bonds is 8. The molecular formula is C19H31ClFIN4O. The van der Waals surface area contributed by atoms with Crippen LogP contribution < -0.4 is 16.0 Å². The van der Waals surface area contributed by atoms with Gasteiger partial charge in [-0.3, -0.25) is 9.79 Å². The van der Waals surface area contributed by atoms with Gasteiger partial charge < -0.3 is 16.0 Å². The maximum Gasteiger partial charge on any atom is 0.221 e. The molecule has 0 heterocycles. The molecule has 3 N–H and O–H groups in total. The van der Waals surface area contributed by atoms with Crippen molar-refractivity contribution in [3.05, 3.63) is 34.6 Å². The number of carbonyl (C=O) groups is 1. The second kappa shape index (κ2) is 12.4. The summed E-state index contributed by atoms with van der Waals surface area (Å²) in [5, 5.41) is 9.68. The second-order valence-electron chi connectivity index (χ2n) is 6.99. The van der Waals surface area contributed by atoms with Crippen molar-refractivity contribution in [1.82, 2.24) is 16.0 Å². The quantitative estimate of drug-likeness (QED) is 0.282. The molecule has 1 aromatic carbocycles. The van der Waals surface area contributed by atoms with Crippen LogP contribution in [0.15, 0.2) is 23.2 Å². The molecule has 0 radical (unpaired) electrons. The van der Waals surface area contributed by atoms with E-state index >= 15 is 0 Å². The predicted octanol–water partition coefficient (Wildman–Crippen LogP) is 3.84. The molecule has 0 aliphatic rings. The average molecular weight is 513 g/mol. The maximum atomic E-state index is 13.2. The van der Waals surface area contributed by atoms with Crippen molar-refractivity contribution >= 4 is 47.4 Å². The van der Waals surface area contributed by atoms with E-state index in [0.717, 1.165) is 12.0 Å². The van der Waals surface area contributed by atoms with Gasteiger partial charge in [-0.2, -0.15) is 0 Å². The molecule has 0 bridgehead atoms. The van der Waals surface area contributed by atoms with Gasteiger partial charge in [0.25, 0.3) is 0 Å². The third-order valence-electron chi connectivity index (χ3n) is 4.25. The summed E-state index contributed by atoms with van der Waals surface area (Å²) in [6, 6.07) is 4.61. The predicted molar refractivity (Wildman–Crippen MR) is 122 cm³/mol. The van der Waals surface area contributed by atoms with E-state index in [1.54, 1.807) is 13.1 Å². The Kier molecular flexibility index (Phi) is 11.9. The average Bonchev–Trinajstić information content (AvgIpc) is 2.57. The molecule has 1 rings (SSSR count). The highest BCUT2D eigenvalue weighted by molar-refractivity contribution is 14.0. The first-order valence-electron chi connectivity index (χ1n) is 8.89. The van der Waals surface area contributed by atoms with Crippen LogP contribution in [0.3, 0.4) is 0 Å². The molecule has 1 atom stereocenters. The lowest BCUT2D eigenvalue weighted by Gasteiger charge is -2.27. The van der Waals surface area contributed by atoms with E-state index in [4.69, 9.17) is 11.6 Å². The Hall–Kier alpha value is -1.09. The number of guanidine groups is 1. The smallest absolute Gasteiger partial charge is 0.221 e. The van der Waals surface area contributed by atoms with Gasteiger partial charge in [0.1, 0.15) is 5.82 Å². The summed E-state index contributed by atoms with van der Waals surface area (Å²) in [5.41, 5.74) is 0.535. The summed E-state index contributed by atoms with van der Waals surface area (Å²) in [4.78, 5) is 16.0. The molecule has 0 spiro atoms. The fourth-order valence-electron chi connectivity index (χ4n) is 2.40. The van der Waals surface area contributed by atoms with Crippen LogP contribution in [0.1, 0.15) is 46.1 Å². The van der Waals surface area contributed by atoms with Crippen LogP contribution in [0.2, 0.25) is 5.02 Å². The van der Waals surface area contributed by atoms with Crippen LogP contribution >= 0.6 is 35.6 Å². The Morgan fingerprint density at radius 3 is 2.56 bits per heavy atom. The summed E-state index contributed by atoms with van der Waals surface area (Å²) in [6.45, 7) is 9.09. The number of benzene rings is 1. The van der Waals surface area contributed by atoms with E-state index in [1.807, 2.05) is 27.7 Å². The first-order chi connectivity index (χ1) is 12.2. The lowest BCUT2D eigenvalue weighted by Crippen LogP contribution is -2.44. The highest BCUT2D eigenvalue weighted by Crippen LogP contribution is 2.29. The van der Waals surface area contributed by atoms with E-state index in [1.165, 1.54) is 12.1 Å². The monoisotopic (exact) mass is 512 g/mol. The summed E-state index contributed by atoms with van der Waals surface area (Å²) in [5.74, 6) is 0.268. The minimum absolute atomic E-state index is 0. The van der Waals surface area contributed by atoms with Gasteiger partial charge in [0.05, 0.1) is 0 Å². The van der Waals surface area contributed by atoms with Crippen LogP contribution in [-0.4, -0.2) is 38.0 Å². The molecule has 8 heteroatoms. The van der Waals surface area contributed by atoms with E-state index < -0.39 is 0 Å². The topological polar surface area (TPSA) is 65.5 Å². The van der Waals surface area contributed by atoms with Gasteiger partial charge in [0.2, 0.25) is 5.91 Å². The van der Waals surface area contributed by atoms with Gasteiger partial charge in [0.15, 0.2) is 5.96 Å². The molecule has 0 saturated carbocycles. The van der Waals surface area contributed by atoms with Crippen LogP contribution in [0.25, 0.3) is 0 Å². The number of nitrogens with zero attached hydrogens (tertiary/aromatic N) is 1. The Bertz CT molecular complexity index is 640. The zero-order valence-corrected chi connectivity index (χ0v) is 19.7. The highest BCUT2D eigenvalue weighted by atomic mass is 127. The number of nitrogens with one attached hydrogen (secondary N) is 3. The number of halogens is 3. The van der Waals surface area contributed by atoms with Crippen molar-refractivity contribution in [3.63, 3.8) is 0 Å². The Balaban J connectivity index is 0.00000676. The first kappa shape index (κ1) is 25.9. The zero-order chi connectivity index (χ0) is 19.7. The van der Waals surface area contributed by atoms with Crippen molar-refractivity contribution in [1.29, 1.82) is 0 Å². The van der Waals surface area contributed by atoms with Crippen molar-refractivity contribution in [2.24, 2.45) is 4.99 Å². The molecule has 1 aromatic rings. The fourth-order valence-corrected chi connectivity index (χ4v) is 2.83. The van der Waals surface area contributed by atoms with Crippen molar-refractivity contribution in [2.75, 3.05) is 20.1 Å². The standard InChI is InChI=1S/C19H30ClFN4O.HI/c1-6-13(2)25-17(26)9-10-23-18(22-5)24-12-19(3,4)15-8-7-14(21)11-16(15)20;/h7-8,11,13H,6,9-10,12H2,1-5H3,(H,25,26)(H2,22,23,24);1H. The minimum Gasteiger partial charge on any atom is -0.356 e. The lowest BCUT2D eigenvalue weighted by molar-refractivity contribution is -0.121. The zero-order valence-electron chi connectivity index (χ0n) is 16.7. The van der Waals surface area contributed by atoms with Crippen LogP contribution in [0, 0.1) is 5.82 Å². The van der Waals surface area contributed by atoms with Crippen molar-refractivity contribution < 1.29 is 9.18 Å². The second-order valence-corrected chi connectivity index (χ2v) is 7.39. The Labute approximate surface area is 183 Å². The SMILES string of the molecule is CCC(C)NC(=O)CCNC(=NC)NCC(C)(C)c1ccc(F)cc1Cl.I. The molecule has 5 nitrogen and oxygen atoms in total. The van der Waals surface area contributed by atoms with Crippen LogP contribution in [0.4, 0.5) is 4.39 Å². The van der Waals surface area contributed by atoms with Gasteiger partial charge in [-0.05, 0) is 31.0 Å². The van der Waals surface area contributed by atoms with Gasteiger partial charge in [0, 0.05) is 43.0 Å². The number of amides is 1. The summed E-state index contributed by atoms with van der Waals surface area (Å²) in [7, 11) is 1.67. The van der Waals surface area contributed by atoms with E-state index in [2.05, 4.69) is 20.9 Å². The molecule has 0 fully saturated rings. The van der Waals surface area contributed by atoms with Crippen LogP contribution in [-0.2, 0) is 10.2 Å². The normalized spacial score (nSPS) is 12.8. The molecule has 27 heavy (non-hydrogen) atoms. The maximum absolute atomic E-state index is 13.2. The first-order valence-corrected chi connectivity index (χ1v) is 9.26. The van der Waals surface area contributed by atoms with Gasteiger partial charge in [-0.15, -0.1) is 24.0 Å². The fraction of sp³-hybridized carbons (Fsp3) is 0.579. The van der Waals surface area contributed by atoms with Gasteiger partial charge >= 0.3 is 0 Å². The largest absolute Gasteiger partial charge is 0.356 e. The molecule has 0 aromatic heterocycles. The lowest BCUT2D eigenvalue weighted by atomic mass is 9.84. The number of aliphatic imine (C=N–C) groups is 1. The Morgan fingerprint density at radius 2 is 2.00 bits per heavy atom. The molecule has 0 saturated heterocycles. The van der Waals surface area contributed by atoms with Gasteiger partial charge in [-0.25, -0.2) is 4.39 Å². The number of carbonyl (C=O) groups excluding carboxylic acids is 1.